The van der Waals surface area contributed by atoms with Gasteiger partial charge in [0.25, 0.3) is 0 Å². The van der Waals surface area contributed by atoms with Gasteiger partial charge in [-0.1, -0.05) is 24.6 Å². The number of rotatable bonds is 5. The first-order chi connectivity index (χ1) is 9.99. The first kappa shape index (κ1) is 15.5. The van der Waals surface area contributed by atoms with Crippen molar-refractivity contribution in [2.24, 2.45) is 5.73 Å². The maximum atomic E-state index is 13.3. The van der Waals surface area contributed by atoms with Crippen molar-refractivity contribution in [1.29, 1.82) is 0 Å². The SMILES string of the molecule is CCC(N)Cc1cc(C)ccc1Oc1ccc(F)c(C)c1. The Hall–Kier alpha value is -1.87. The van der Waals surface area contributed by atoms with Gasteiger partial charge in [0.15, 0.2) is 0 Å². The fraction of sp³-hybridized carbons (Fsp3) is 0.333. The molecule has 0 fully saturated rings. The molecule has 2 N–H and O–H groups in total. The molecule has 0 amide bonds. The lowest BCUT2D eigenvalue weighted by Crippen LogP contribution is -2.21. The number of nitrogens with two attached hydrogens (primary N) is 1. The van der Waals surface area contributed by atoms with Crippen LogP contribution >= 0.6 is 0 Å². The van der Waals surface area contributed by atoms with Gasteiger partial charge in [0.05, 0.1) is 0 Å². The van der Waals surface area contributed by atoms with Crippen LogP contribution in [0.5, 0.6) is 11.5 Å². The summed E-state index contributed by atoms with van der Waals surface area (Å²) in [6.07, 6.45) is 1.69. The van der Waals surface area contributed by atoms with E-state index in [-0.39, 0.29) is 11.9 Å². The summed E-state index contributed by atoms with van der Waals surface area (Å²) in [7, 11) is 0. The second-order valence-electron chi connectivity index (χ2n) is 5.50. The quantitative estimate of drug-likeness (QED) is 0.877. The van der Waals surface area contributed by atoms with E-state index in [0.717, 1.165) is 24.2 Å². The highest BCUT2D eigenvalue weighted by atomic mass is 19.1. The van der Waals surface area contributed by atoms with Crippen LogP contribution in [0.25, 0.3) is 0 Å². The van der Waals surface area contributed by atoms with Crippen LogP contribution < -0.4 is 10.5 Å². The maximum absolute atomic E-state index is 13.3. The smallest absolute Gasteiger partial charge is 0.130 e. The average molecular weight is 287 g/mol. The molecule has 1 unspecified atom stereocenters. The van der Waals surface area contributed by atoms with Crippen LogP contribution in [0, 0.1) is 19.7 Å². The summed E-state index contributed by atoms with van der Waals surface area (Å²) in [5, 5.41) is 0. The largest absolute Gasteiger partial charge is 0.457 e. The van der Waals surface area contributed by atoms with Gasteiger partial charge >= 0.3 is 0 Å². The molecular weight excluding hydrogens is 265 g/mol. The van der Waals surface area contributed by atoms with Gasteiger partial charge in [-0.05, 0) is 62.1 Å². The molecular formula is C18H22FNO. The predicted octanol–water partition coefficient (Wildman–Crippen LogP) is 4.51. The van der Waals surface area contributed by atoms with Gasteiger partial charge < -0.3 is 10.5 Å². The van der Waals surface area contributed by atoms with Gasteiger partial charge in [0.1, 0.15) is 17.3 Å². The Morgan fingerprint density at radius 2 is 1.90 bits per heavy atom. The number of aryl methyl sites for hydroxylation is 2. The fourth-order valence-electron chi connectivity index (χ4n) is 2.20. The molecule has 0 aliphatic carbocycles. The summed E-state index contributed by atoms with van der Waals surface area (Å²) in [4.78, 5) is 0. The Kier molecular flexibility index (Phi) is 4.97. The monoisotopic (exact) mass is 287 g/mol. The molecule has 0 saturated carbocycles. The topological polar surface area (TPSA) is 35.2 Å². The normalized spacial score (nSPS) is 12.2. The molecule has 0 aliphatic heterocycles. The van der Waals surface area contributed by atoms with E-state index in [2.05, 4.69) is 13.0 Å². The molecule has 2 aromatic carbocycles. The Labute approximate surface area is 125 Å². The van der Waals surface area contributed by atoms with Crippen molar-refractivity contribution in [3.05, 3.63) is 58.9 Å². The van der Waals surface area contributed by atoms with Crippen LogP contribution in [0.3, 0.4) is 0 Å². The molecule has 21 heavy (non-hydrogen) atoms. The number of hydrogen-bond acceptors (Lipinski definition) is 2. The summed E-state index contributed by atoms with van der Waals surface area (Å²) in [5.74, 6) is 1.21. The fourth-order valence-corrected chi connectivity index (χ4v) is 2.20. The highest BCUT2D eigenvalue weighted by Crippen LogP contribution is 2.28. The number of ether oxygens (including phenoxy) is 1. The highest BCUT2D eigenvalue weighted by Gasteiger charge is 2.10. The summed E-state index contributed by atoms with van der Waals surface area (Å²) in [6, 6.07) is 10.9. The predicted molar refractivity (Wildman–Crippen MR) is 84.4 cm³/mol. The van der Waals surface area contributed by atoms with Gasteiger partial charge in [-0.3, -0.25) is 0 Å². The third kappa shape index (κ3) is 4.05. The second kappa shape index (κ2) is 6.72. The Balaban J connectivity index is 2.28. The minimum atomic E-state index is -0.223. The van der Waals surface area contributed by atoms with Crippen molar-refractivity contribution < 1.29 is 9.13 Å². The van der Waals surface area contributed by atoms with Gasteiger partial charge in [0, 0.05) is 6.04 Å². The maximum Gasteiger partial charge on any atom is 0.130 e. The third-order valence-electron chi connectivity index (χ3n) is 3.58. The van der Waals surface area contributed by atoms with Crippen LogP contribution in [0.4, 0.5) is 4.39 Å². The van der Waals surface area contributed by atoms with Crippen LogP contribution in [-0.4, -0.2) is 6.04 Å². The molecule has 0 heterocycles. The zero-order chi connectivity index (χ0) is 15.4. The van der Waals surface area contributed by atoms with Crippen LogP contribution in [-0.2, 0) is 6.42 Å². The molecule has 112 valence electrons. The second-order valence-corrected chi connectivity index (χ2v) is 5.50. The van der Waals surface area contributed by atoms with Gasteiger partial charge in [-0.25, -0.2) is 4.39 Å². The molecule has 0 saturated heterocycles. The molecule has 2 nitrogen and oxygen atoms in total. The Bertz CT molecular complexity index is 625. The summed E-state index contributed by atoms with van der Waals surface area (Å²) in [5.41, 5.74) is 8.90. The first-order valence-electron chi connectivity index (χ1n) is 7.28. The lowest BCUT2D eigenvalue weighted by atomic mass is 10.0. The van der Waals surface area contributed by atoms with Crippen LogP contribution in [0.2, 0.25) is 0 Å². The average Bonchev–Trinajstić information content (AvgIpc) is 2.45. The number of benzene rings is 2. The molecule has 1 atom stereocenters. The minimum Gasteiger partial charge on any atom is -0.457 e. The Morgan fingerprint density at radius 3 is 2.57 bits per heavy atom. The van der Waals surface area contributed by atoms with E-state index in [0.29, 0.717) is 11.3 Å². The minimum absolute atomic E-state index is 0.115. The number of halogens is 1. The first-order valence-corrected chi connectivity index (χ1v) is 7.28. The van der Waals surface area contributed by atoms with Crippen molar-refractivity contribution in [2.75, 3.05) is 0 Å². The third-order valence-corrected chi connectivity index (χ3v) is 3.58. The van der Waals surface area contributed by atoms with Crippen molar-refractivity contribution in [3.8, 4) is 11.5 Å². The van der Waals surface area contributed by atoms with E-state index >= 15 is 0 Å². The lowest BCUT2D eigenvalue weighted by Gasteiger charge is -2.15. The van der Waals surface area contributed by atoms with Crippen molar-refractivity contribution in [3.63, 3.8) is 0 Å². The van der Waals surface area contributed by atoms with Crippen molar-refractivity contribution in [1.82, 2.24) is 0 Å². The highest BCUT2D eigenvalue weighted by molar-refractivity contribution is 5.41. The summed E-state index contributed by atoms with van der Waals surface area (Å²) < 4.78 is 19.2. The lowest BCUT2D eigenvalue weighted by molar-refractivity contribution is 0.469. The van der Waals surface area contributed by atoms with E-state index in [9.17, 15) is 4.39 Å². The Morgan fingerprint density at radius 1 is 1.14 bits per heavy atom. The van der Waals surface area contributed by atoms with E-state index < -0.39 is 0 Å². The molecule has 2 rings (SSSR count). The van der Waals surface area contributed by atoms with Crippen molar-refractivity contribution in [2.45, 2.75) is 39.7 Å². The molecule has 2 aromatic rings. The van der Waals surface area contributed by atoms with Crippen molar-refractivity contribution >= 4 is 0 Å². The standard InChI is InChI=1S/C18H22FNO/c1-4-15(20)11-14-9-12(2)5-8-18(14)21-16-6-7-17(19)13(3)10-16/h5-10,15H,4,11,20H2,1-3H3. The zero-order valence-corrected chi connectivity index (χ0v) is 12.8. The van der Waals surface area contributed by atoms with E-state index in [1.54, 1.807) is 19.1 Å². The summed E-state index contributed by atoms with van der Waals surface area (Å²) in [6.45, 7) is 5.85. The van der Waals surface area contributed by atoms with Gasteiger partial charge in [-0.15, -0.1) is 0 Å². The number of hydrogen-bond donors (Lipinski definition) is 1. The molecule has 0 bridgehead atoms. The van der Waals surface area contributed by atoms with E-state index in [1.807, 2.05) is 19.1 Å². The van der Waals surface area contributed by atoms with Gasteiger partial charge in [0.2, 0.25) is 0 Å². The van der Waals surface area contributed by atoms with Crippen LogP contribution in [0.1, 0.15) is 30.0 Å². The molecule has 0 spiro atoms. The molecule has 3 heteroatoms. The van der Waals surface area contributed by atoms with Gasteiger partial charge in [-0.2, -0.15) is 0 Å². The molecule has 0 aromatic heterocycles. The molecule has 0 radical (unpaired) electrons. The molecule has 0 aliphatic rings. The summed E-state index contributed by atoms with van der Waals surface area (Å²) >= 11 is 0. The van der Waals surface area contributed by atoms with Crippen LogP contribution in [0.15, 0.2) is 36.4 Å². The van der Waals surface area contributed by atoms with E-state index in [4.69, 9.17) is 10.5 Å². The van der Waals surface area contributed by atoms with E-state index in [1.165, 1.54) is 11.6 Å². The zero-order valence-electron chi connectivity index (χ0n) is 12.8.